The summed E-state index contributed by atoms with van der Waals surface area (Å²) in [5, 5.41) is 2.80. The van der Waals surface area contributed by atoms with Gasteiger partial charge in [0.2, 0.25) is 5.91 Å². The summed E-state index contributed by atoms with van der Waals surface area (Å²) >= 11 is 0. The third-order valence-corrected chi connectivity index (χ3v) is 3.77. The fourth-order valence-electron chi connectivity index (χ4n) is 2.48. The highest BCUT2D eigenvalue weighted by Gasteiger charge is 2.07. The van der Waals surface area contributed by atoms with E-state index >= 15 is 0 Å². The van der Waals surface area contributed by atoms with E-state index in [1.807, 2.05) is 12.1 Å². The van der Waals surface area contributed by atoms with Gasteiger partial charge in [0.1, 0.15) is 5.75 Å². The Morgan fingerprint density at radius 3 is 2.24 bits per heavy atom. The van der Waals surface area contributed by atoms with Gasteiger partial charge in [-0.25, -0.2) is 0 Å². The Morgan fingerprint density at radius 2 is 1.62 bits per heavy atom. The van der Waals surface area contributed by atoms with Gasteiger partial charge < -0.3 is 19.5 Å². The number of benzene rings is 2. The predicted molar refractivity (Wildman–Crippen MR) is 108 cm³/mol. The predicted octanol–water partition coefficient (Wildman–Crippen LogP) is 2.92. The second-order valence-corrected chi connectivity index (χ2v) is 6.12. The van der Waals surface area contributed by atoms with Crippen LogP contribution in [0.1, 0.15) is 25.0 Å². The van der Waals surface area contributed by atoms with Gasteiger partial charge in [0.25, 0.3) is 0 Å². The van der Waals surface area contributed by atoms with Crippen LogP contribution in [-0.4, -0.2) is 31.5 Å². The molecule has 0 spiro atoms. The third-order valence-electron chi connectivity index (χ3n) is 3.77. The molecule has 2 rings (SSSR count). The number of ether oxygens (including phenoxy) is 3. The maximum Gasteiger partial charge on any atom is 0.308 e. The van der Waals surface area contributed by atoms with E-state index in [-0.39, 0.29) is 11.9 Å². The highest BCUT2D eigenvalue weighted by atomic mass is 16.6. The van der Waals surface area contributed by atoms with Crippen molar-refractivity contribution in [2.75, 3.05) is 13.7 Å². The van der Waals surface area contributed by atoms with Gasteiger partial charge in [-0.2, -0.15) is 0 Å². The van der Waals surface area contributed by atoms with Crippen LogP contribution in [0.3, 0.4) is 0 Å². The molecule has 2 aromatic carbocycles. The van der Waals surface area contributed by atoms with Gasteiger partial charge in [0.15, 0.2) is 11.5 Å². The molecule has 7 nitrogen and oxygen atoms in total. The number of methoxy groups -OCH3 is 1. The van der Waals surface area contributed by atoms with Crippen LogP contribution in [0.5, 0.6) is 17.2 Å². The molecule has 0 radical (unpaired) electrons. The number of carbonyl (C=O) groups is 3. The normalized spacial score (nSPS) is 10.4. The summed E-state index contributed by atoms with van der Waals surface area (Å²) in [6.45, 7) is 3.12. The van der Waals surface area contributed by atoms with Crippen molar-refractivity contribution >= 4 is 23.9 Å². The first-order valence-corrected chi connectivity index (χ1v) is 8.97. The SMILES string of the molecule is COc1cc(/C=C/C(=O)NCCc2ccc(OC(C)=O)cc2)ccc1OC(C)=O. The molecule has 29 heavy (non-hydrogen) atoms. The molecule has 0 heterocycles. The first-order valence-electron chi connectivity index (χ1n) is 8.97. The molecular weight excluding hydrogens is 374 g/mol. The summed E-state index contributed by atoms with van der Waals surface area (Å²) in [6, 6.07) is 12.1. The van der Waals surface area contributed by atoms with Crippen molar-refractivity contribution in [3.05, 3.63) is 59.7 Å². The Hall–Kier alpha value is -3.61. The fraction of sp³-hybridized carbons (Fsp3) is 0.227. The Kier molecular flexibility index (Phi) is 7.97. The number of hydrogen-bond donors (Lipinski definition) is 1. The maximum atomic E-state index is 12.0. The number of hydrogen-bond acceptors (Lipinski definition) is 6. The van der Waals surface area contributed by atoms with E-state index in [1.54, 1.807) is 36.4 Å². The van der Waals surface area contributed by atoms with E-state index in [9.17, 15) is 14.4 Å². The molecule has 0 saturated carbocycles. The zero-order chi connectivity index (χ0) is 21.2. The van der Waals surface area contributed by atoms with E-state index < -0.39 is 5.97 Å². The molecule has 0 bridgehead atoms. The number of esters is 2. The van der Waals surface area contributed by atoms with Crippen LogP contribution in [0.4, 0.5) is 0 Å². The van der Waals surface area contributed by atoms with Crippen LogP contribution in [0.15, 0.2) is 48.5 Å². The van der Waals surface area contributed by atoms with Gasteiger partial charge >= 0.3 is 11.9 Å². The Labute approximate surface area is 169 Å². The summed E-state index contributed by atoms with van der Waals surface area (Å²) < 4.78 is 15.2. The molecule has 0 atom stereocenters. The largest absolute Gasteiger partial charge is 0.493 e. The molecule has 0 aliphatic heterocycles. The minimum Gasteiger partial charge on any atom is -0.493 e. The lowest BCUT2D eigenvalue weighted by molar-refractivity contribution is -0.132. The highest BCUT2D eigenvalue weighted by Crippen LogP contribution is 2.28. The molecule has 7 heteroatoms. The van der Waals surface area contributed by atoms with Crippen molar-refractivity contribution in [3.63, 3.8) is 0 Å². The molecule has 0 aromatic heterocycles. The average molecular weight is 397 g/mol. The number of amides is 1. The Balaban J connectivity index is 1.85. The van der Waals surface area contributed by atoms with E-state index in [1.165, 1.54) is 27.0 Å². The number of nitrogens with one attached hydrogen (secondary N) is 1. The van der Waals surface area contributed by atoms with Crippen molar-refractivity contribution in [2.45, 2.75) is 20.3 Å². The third kappa shape index (κ3) is 7.50. The van der Waals surface area contributed by atoms with Crippen LogP contribution in [0, 0.1) is 0 Å². The summed E-state index contributed by atoms with van der Waals surface area (Å²) in [5.41, 5.74) is 1.74. The maximum absolute atomic E-state index is 12.0. The molecule has 1 amide bonds. The fourth-order valence-corrected chi connectivity index (χ4v) is 2.48. The number of carbonyl (C=O) groups excluding carboxylic acids is 3. The molecule has 152 valence electrons. The molecule has 0 unspecified atom stereocenters. The summed E-state index contributed by atoms with van der Waals surface area (Å²) in [6.07, 6.45) is 3.71. The van der Waals surface area contributed by atoms with Crippen LogP contribution in [0.2, 0.25) is 0 Å². The minimum absolute atomic E-state index is 0.232. The van der Waals surface area contributed by atoms with Crippen molar-refractivity contribution < 1.29 is 28.6 Å². The lowest BCUT2D eigenvalue weighted by Gasteiger charge is -2.08. The van der Waals surface area contributed by atoms with Crippen molar-refractivity contribution in [1.82, 2.24) is 5.32 Å². The molecule has 1 N–H and O–H groups in total. The monoisotopic (exact) mass is 397 g/mol. The van der Waals surface area contributed by atoms with Gasteiger partial charge in [-0.05, 0) is 47.9 Å². The van der Waals surface area contributed by atoms with E-state index in [0.717, 1.165) is 11.1 Å². The molecule has 0 aliphatic carbocycles. The molecule has 0 aliphatic rings. The number of rotatable bonds is 8. The Morgan fingerprint density at radius 1 is 0.931 bits per heavy atom. The quantitative estimate of drug-likeness (QED) is 0.418. The topological polar surface area (TPSA) is 90.9 Å². The van der Waals surface area contributed by atoms with Gasteiger partial charge in [-0.15, -0.1) is 0 Å². The van der Waals surface area contributed by atoms with Gasteiger partial charge in [0, 0.05) is 26.5 Å². The second-order valence-electron chi connectivity index (χ2n) is 6.12. The smallest absolute Gasteiger partial charge is 0.308 e. The van der Waals surface area contributed by atoms with Crippen LogP contribution in [0.25, 0.3) is 6.08 Å². The van der Waals surface area contributed by atoms with Gasteiger partial charge in [-0.3, -0.25) is 14.4 Å². The molecule has 0 fully saturated rings. The second kappa shape index (κ2) is 10.7. The van der Waals surface area contributed by atoms with Crippen LogP contribution in [-0.2, 0) is 20.8 Å². The van der Waals surface area contributed by atoms with Gasteiger partial charge in [-0.1, -0.05) is 18.2 Å². The lowest BCUT2D eigenvalue weighted by Crippen LogP contribution is -2.23. The molecule has 2 aromatic rings. The zero-order valence-corrected chi connectivity index (χ0v) is 16.6. The van der Waals surface area contributed by atoms with Gasteiger partial charge in [0.05, 0.1) is 7.11 Å². The average Bonchev–Trinajstić information content (AvgIpc) is 2.67. The summed E-state index contributed by atoms with van der Waals surface area (Å²) in [7, 11) is 1.47. The first kappa shape index (κ1) is 21.7. The first-order chi connectivity index (χ1) is 13.9. The van der Waals surface area contributed by atoms with E-state index in [4.69, 9.17) is 14.2 Å². The standard InChI is InChI=1S/C22H23NO6/c1-15(24)28-19-8-4-17(5-9-19)12-13-23-22(26)11-7-18-6-10-20(29-16(2)25)21(14-18)27-3/h4-11,14H,12-13H2,1-3H3,(H,23,26)/b11-7+. The van der Waals surface area contributed by atoms with Crippen molar-refractivity contribution in [1.29, 1.82) is 0 Å². The zero-order valence-electron chi connectivity index (χ0n) is 16.6. The highest BCUT2D eigenvalue weighted by molar-refractivity contribution is 5.91. The minimum atomic E-state index is -0.438. The summed E-state index contributed by atoms with van der Waals surface area (Å²) in [5.74, 6) is 0.177. The summed E-state index contributed by atoms with van der Waals surface area (Å²) in [4.78, 5) is 34.0. The van der Waals surface area contributed by atoms with Crippen LogP contribution < -0.4 is 19.5 Å². The van der Waals surface area contributed by atoms with Crippen molar-refractivity contribution in [3.8, 4) is 17.2 Å². The van der Waals surface area contributed by atoms with E-state index in [2.05, 4.69) is 5.32 Å². The molecule has 0 saturated heterocycles. The van der Waals surface area contributed by atoms with Crippen molar-refractivity contribution in [2.24, 2.45) is 0 Å². The van der Waals surface area contributed by atoms with Crippen LogP contribution >= 0.6 is 0 Å². The molecular formula is C22H23NO6. The van der Waals surface area contributed by atoms with E-state index in [0.29, 0.717) is 30.2 Å². The lowest BCUT2D eigenvalue weighted by atomic mass is 10.1. The Bertz CT molecular complexity index is 902.